The van der Waals surface area contributed by atoms with Crippen molar-refractivity contribution in [3.05, 3.63) is 88.5 Å². The highest BCUT2D eigenvalue weighted by Crippen LogP contribution is 2.29. The molecule has 1 N–H and O–H groups in total. The minimum absolute atomic E-state index is 0.0995. The summed E-state index contributed by atoms with van der Waals surface area (Å²) in [5.74, 6) is 0.997. The number of para-hydroxylation sites is 1. The quantitative estimate of drug-likeness (QED) is 0.415. The third-order valence-corrected chi connectivity index (χ3v) is 5.22. The molecule has 0 aromatic heterocycles. The first-order valence-electron chi connectivity index (χ1n) is 10.3. The van der Waals surface area contributed by atoms with E-state index in [4.69, 9.17) is 4.74 Å². The third-order valence-electron chi connectivity index (χ3n) is 5.22. The van der Waals surface area contributed by atoms with E-state index < -0.39 is 4.92 Å². The van der Waals surface area contributed by atoms with Crippen LogP contribution in [0.2, 0.25) is 0 Å². The summed E-state index contributed by atoms with van der Waals surface area (Å²) in [6.07, 6.45) is 3.24. The molecule has 3 aromatic carbocycles. The lowest BCUT2D eigenvalue weighted by Gasteiger charge is -2.30. The lowest BCUT2D eigenvalue weighted by atomic mass is 10.1. The number of nitro benzene ring substituents is 1. The number of hydrogen-bond donors (Lipinski definition) is 1. The van der Waals surface area contributed by atoms with Crippen LogP contribution in [0.15, 0.2) is 72.8 Å². The number of non-ortho nitro benzene ring substituents is 1. The van der Waals surface area contributed by atoms with Gasteiger partial charge in [0.25, 0.3) is 11.6 Å². The number of ether oxygens (including phenoxy) is 1. The molecule has 0 aliphatic carbocycles. The summed E-state index contributed by atoms with van der Waals surface area (Å²) in [6.45, 7) is 1.67. The Hall–Kier alpha value is -3.87. The number of rotatable bonds is 6. The first kappa shape index (κ1) is 20.4. The van der Waals surface area contributed by atoms with E-state index in [-0.39, 0.29) is 11.6 Å². The second kappa shape index (κ2) is 9.30. The van der Waals surface area contributed by atoms with Gasteiger partial charge in [0.05, 0.1) is 16.2 Å². The van der Waals surface area contributed by atoms with Crippen LogP contribution >= 0.6 is 0 Å². The van der Waals surface area contributed by atoms with Crippen molar-refractivity contribution in [1.82, 2.24) is 0 Å². The topological polar surface area (TPSA) is 84.7 Å². The number of carbonyl (C=O) groups excluding carboxylic acids is 1. The van der Waals surface area contributed by atoms with Crippen LogP contribution in [0.4, 0.5) is 17.1 Å². The van der Waals surface area contributed by atoms with Gasteiger partial charge in [0.15, 0.2) is 0 Å². The molecular weight excluding hydrogens is 394 g/mol. The van der Waals surface area contributed by atoms with Crippen LogP contribution < -0.4 is 15.0 Å². The predicted octanol–water partition coefficient (Wildman–Crippen LogP) is 5.63. The lowest BCUT2D eigenvalue weighted by molar-refractivity contribution is -0.384. The Morgan fingerprint density at radius 1 is 0.903 bits per heavy atom. The molecule has 1 heterocycles. The number of piperidine rings is 1. The van der Waals surface area contributed by atoms with Gasteiger partial charge >= 0.3 is 0 Å². The van der Waals surface area contributed by atoms with E-state index >= 15 is 0 Å². The fourth-order valence-electron chi connectivity index (χ4n) is 3.66. The van der Waals surface area contributed by atoms with Gasteiger partial charge in [-0.15, -0.1) is 0 Å². The van der Waals surface area contributed by atoms with Crippen molar-refractivity contribution in [3.63, 3.8) is 0 Å². The van der Waals surface area contributed by atoms with Crippen molar-refractivity contribution in [1.29, 1.82) is 0 Å². The van der Waals surface area contributed by atoms with E-state index in [9.17, 15) is 14.9 Å². The fraction of sp³-hybridized carbons (Fsp3) is 0.208. The smallest absolute Gasteiger partial charge is 0.270 e. The zero-order chi connectivity index (χ0) is 21.6. The standard InChI is InChI=1S/C24H23N3O4/c28-24(25-18-9-12-21(13-10-18)31-20-7-3-1-4-8-20)22-17-19(27(29)30)11-14-23(22)26-15-5-2-6-16-26/h1,3-4,7-14,17H,2,5-6,15-16H2,(H,25,28). The number of nitrogens with zero attached hydrogens (tertiary/aromatic N) is 2. The van der Waals surface area contributed by atoms with E-state index in [1.54, 1.807) is 30.3 Å². The van der Waals surface area contributed by atoms with Crippen molar-refractivity contribution < 1.29 is 14.5 Å². The van der Waals surface area contributed by atoms with Crippen LogP contribution in [0, 0.1) is 10.1 Å². The summed E-state index contributed by atoms with van der Waals surface area (Å²) >= 11 is 0. The van der Waals surface area contributed by atoms with Crippen LogP contribution in [0.5, 0.6) is 11.5 Å². The van der Waals surface area contributed by atoms with Gasteiger partial charge in [0, 0.05) is 30.9 Å². The Morgan fingerprint density at radius 3 is 2.26 bits per heavy atom. The summed E-state index contributed by atoms with van der Waals surface area (Å²) in [6, 6.07) is 20.9. The van der Waals surface area contributed by atoms with Gasteiger partial charge in [-0.1, -0.05) is 18.2 Å². The Morgan fingerprint density at radius 2 is 1.58 bits per heavy atom. The monoisotopic (exact) mass is 417 g/mol. The van der Waals surface area contributed by atoms with Gasteiger partial charge in [-0.05, 0) is 61.7 Å². The highest BCUT2D eigenvalue weighted by Gasteiger charge is 2.22. The largest absolute Gasteiger partial charge is 0.457 e. The summed E-state index contributed by atoms with van der Waals surface area (Å²) in [4.78, 5) is 25.9. The summed E-state index contributed by atoms with van der Waals surface area (Å²) < 4.78 is 5.77. The molecule has 7 nitrogen and oxygen atoms in total. The molecule has 0 unspecified atom stereocenters. The van der Waals surface area contributed by atoms with Crippen molar-refractivity contribution in [2.75, 3.05) is 23.3 Å². The number of anilines is 2. The Labute approximate surface area is 180 Å². The Bertz CT molecular complexity index is 1060. The molecule has 1 fully saturated rings. The van der Waals surface area contributed by atoms with E-state index in [0.717, 1.165) is 43.8 Å². The average Bonchev–Trinajstić information content (AvgIpc) is 2.81. The molecule has 1 aliphatic heterocycles. The Balaban J connectivity index is 1.53. The summed E-state index contributed by atoms with van der Waals surface area (Å²) in [7, 11) is 0. The molecular formula is C24H23N3O4. The minimum Gasteiger partial charge on any atom is -0.457 e. The molecule has 3 aromatic rings. The average molecular weight is 417 g/mol. The molecule has 0 spiro atoms. The molecule has 1 aliphatic rings. The van der Waals surface area contributed by atoms with Crippen molar-refractivity contribution in [2.45, 2.75) is 19.3 Å². The van der Waals surface area contributed by atoms with Crippen LogP contribution in [-0.2, 0) is 0 Å². The first-order chi connectivity index (χ1) is 15.1. The van der Waals surface area contributed by atoms with E-state index in [1.807, 2.05) is 30.3 Å². The molecule has 7 heteroatoms. The molecule has 0 atom stereocenters. The van der Waals surface area contributed by atoms with Gasteiger partial charge < -0.3 is 15.0 Å². The Kier molecular flexibility index (Phi) is 6.12. The predicted molar refractivity (Wildman–Crippen MR) is 120 cm³/mol. The second-order valence-electron chi connectivity index (χ2n) is 7.40. The highest BCUT2D eigenvalue weighted by atomic mass is 16.6. The molecule has 1 saturated heterocycles. The van der Waals surface area contributed by atoms with E-state index in [0.29, 0.717) is 17.0 Å². The summed E-state index contributed by atoms with van der Waals surface area (Å²) in [5, 5.41) is 14.1. The van der Waals surface area contributed by atoms with E-state index in [1.165, 1.54) is 12.1 Å². The lowest BCUT2D eigenvalue weighted by Crippen LogP contribution is -2.31. The molecule has 158 valence electrons. The maximum atomic E-state index is 13.0. The molecule has 0 radical (unpaired) electrons. The van der Waals surface area contributed by atoms with Crippen molar-refractivity contribution >= 4 is 23.0 Å². The van der Waals surface area contributed by atoms with Crippen molar-refractivity contribution in [3.8, 4) is 11.5 Å². The summed E-state index contributed by atoms with van der Waals surface area (Å²) in [5.41, 5.74) is 1.52. The fourth-order valence-corrected chi connectivity index (χ4v) is 3.66. The molecule has 4 rings (SSSR count). The SMILES string of the molecule is O=C(Nc1ccc(Oc2ccccc2)cc1)c1cc([N+](=O)[O-])ccc1N1CCCCC1. The van der Waals surface area contributed by atoms with Gasteiger partial charge in [-0.25, -0.2) is 0 Å². The zero-order valence-corrected chi connectivity index (χ0v) is 17.0. The van der Waals surface area contributed by atoms with Gasteiger partial charge in [-0.2, -0.15) is 0 Å². The van der Waals surface area contributed by atoms with Gasteiger partial charge in [-0.3, -0.25) is 14.9 Å². The van der Waals surface area contributed by atoms with Crippen LogP contribution in [0.25, 0.3) is 0 Å². The number of hydrogen-bond acceptors (Lipinski definition) is 5. The van der Waals surface area contributed by atoms with Gasteiger partial charge in [0.2, 0.25) is 0 Å². The molecule has 0 bridgehead atoms. The first-order valence-corrected chi connectivity index (χ1v) is 10.3. The zero-order valence-electron chi connectivity index (χ0n) is 17.0. The number of benzene rings is 3. The minimum atomic E-state index is -0.480. The van der Waals surface area contributed by atoms with Crippen molar-refractivity contribution in [2.24, 2.45) is 0 Å². The molecule has 1 amide bonds. The number of nitro groups is 1. The number of amides is 1. The van der Waals surface area contributed by atoms with Crippen LogP contribution in [-0.4, -0.2) is 23.9 Å². The van der Waals surface area contributed by atoms with E-state index in [2.05, 4.69) is 10.2 Å². The number of carbonyl (C=O) groups is 1. The highest BCUT2D eigenvalue weighted by molar-refractivity contribution is 6.08. The third kappa shape index (κ3) is 5.01. The second-order valence-corrected chi connectivity index (χ2v) is 7.40. The maximum absolute atomic E-state index is 13.0. The molecule has 31 heavy (non-hydrogen) atoms. The van der Waals surface area contributed by atoms with Gasteiger partial charge in [0.1, 0.15) is 11.5 Å². The normalized spacial score (nSPS) is 13.5. The number of nitrogens with one attached hydrogen (secondary N) is 1. The maximum Gasteiger partial charge on any atom is 0.270 e. The molecule has 0 saturated carbocycles. The van der Waals surface area contributed by atoms with Crippen LogP contribution in [0.1, 0.15) is 29.6 Å². The van der Waals surface area contributed by atoms with Crippen LogP contribution in [0.3, 0.4) is 0 Å².